The molecule has 0 radical (unpaired) electrons. The Morgan fingerprint density at radius 2 is 1.83 bits per heavy atom. The van der Waals surface area contributed by atoms with Crippen molar-refractivity contribution in [1.82, 2.24) is 0 Å². The van der Waals surface area contributed by atoms with E-state index in [1.54, 1.807) is 24.3 Å². The number of hydrogen-bond donors (Lipinski definition) is 3. The average Bonchev–Trinajstić information content (AvgIpc) is 3.17. The third-order valence-electron chi connectivity index (χ3n) is 5.21. The Kier molecular flexibility index (Phi) is 4.64. The van der Waals surface area contributed by atoms with Gasteiger partial charge in [-0.1, -0.05) is 6.07 Å². The highest BCUT2D eigenvalue weighted by atomic mass is 16.7. The van der Waals surface area contributed by atoms with E-state index in [4.69, 9.17) is 23.7 Å². The lowest BCUT2D eigenvalue weighted by Crippen LogP contribution is -2.55. The maximum absolute atomic E-state index is 12.2. The maximum Gasteiger partial charge on any atom is 0.314 e. The number of carboxylic acids is 1. The van der Waals surface area contributed by atoms with E-state index in [1.807, 2.05) is 0 Å². The topological polar surface area (TPSA) is 124 Å². The van der Waals surface area contributed by atoms with E-state index in [2.05, 4.69) is 0 Å². The number of ether oxygens (including phenoxy) is 5. The molecule has 0 bridgehead atoms. The number of benzene rings is 2. The van der Waals surface area contributed by atoms with Crippen LogP contribution in [0.4, 0.5) is 0 Å². The molecular weight excluding hydrogens is 384 g/mol. The standard InChI is InChI=1S/C20H20O9/c1-25-10-3-4-11(13(5-10)26-2)17-12-6-15-16(28-9-27-15)7-14(12)29-20(24,8-21)18(17)19(22)23/h3-7,17-18,21,24H,8-9H2,1-2H3,(H,22,23)/t17-,18-,20+/m0/s1. The summed E-state index contributed by atoms with van der Waals surface area (Å²) in [7, 11) is 2.95. The van der Waals surface area contributed by atoms with Crippen LogP contribution in [0.5, 0.6) is 28.7 Å². The van der Waals surface area contributed by atoms with Crippen LogP contribution in [0.15, 0.2) is 30.3 Å². The number of hydrogen-bond acceptors (Lipinski definition) is 8. The molecule has 0 fully saturated rings. The number of aliphatic hydroxyl groups is 2. The number of methoxy groups -OCH3 is 2. The van der Waals surface area contributed by atoms with Gasteiger partial charge in [-0.05, 0) is 12.1 Å². The quantitative estimate of drug-likeness (QED) is 0.677. The van der Waals surface area contributed by atoms with Crippen molar-refractivity contribution in [2.45, 2.75) is 11.7 Å². The first-order valence-electron chi connectivity index (χ1n) is 8.82. The maximum atomic E-state index is 12.2. The molecule has 3 atom stereocenters. The molecule has 0 amide bonds. The number of aliphatic hydroxyl groups excluding tert-OH is 1. The monoisotopic (exact) mass is 404 g/mol. The van der Waals surface area contributed by atoms with Crippen LogP contribution in [0.1, 0.15) is 17.0 Å². The minimum Gasteiger partial charge on any atom is -0.497 e. The zero-order chi connectivity index (χ0) is 20.8. The van der Waals surface area contributed by atoms with Crippen molar-refractivity contribution in [1.29, 1.82) is 0 Å². The predicted molar refractivity (Wildman–Crippen MR) is 97.7 cm³/mol. The summed E-state index contributed by atoms with van der Waals surface area (Å²) in [6.45, 7) is -0.909. The van der Waals surface area contributed by atoms with Crippen molar-refractivity contribution in [3.8, 4) is 28.7 Å². The number of aliphatic carboxylic acids is 1. The summed E-state index contributed by atoms with van der Waals surface area (Å²) in [6.07, 6.45) is 0. The van der Waals surface area contributed by atoms with Crippen LogP contribution in [0.3, 0.4) is 0 Å². The fraction of sp³-hybridized carbons (Fsp3) is 0.350. The van der Waals surface area contributed by atoms with Crippen molar-refractivity contribution in [2.75, 3.05) is 27.6 Å². The highest BCUT2D eigenvalue weighted by Crippen LogP contribution is 2.53. The summed E-state index contributed by atoms with van der Waals surface area (Å²) in [5.41, 5.74) is 0.944. The molecule has 2 aromatic carbocycles. The van der Waals surface area contributed by atoms with Gasteiger partial charge in [-0.2, -0.15) is 0 Å². The van der Waals surface area contributed by atoms with Crippen LogP contribution in [0.25, 0.3) is 0 Å². The van der Waals surface area contributed by atoms with Crippen molar-refractivity contribution in [3.63, 3.8) is 0 Å². The van der Waals surface area contributed by atoms with Crippen LogP contribution in [0.2, 0.25) is 0 Å². The number of rotatable bonds is 5. The SMILES string of the molecule is COc1ccc([C@H]2c3cc4c(cc3O[C@](O)(CO)[C@@H]2C(=O)O)OCO4)c(OC)c1. The van der Waals surface area contributed by atoms with Crippen molar-refractivity contribution in [3.05, 3.63) is 41.5 Å². The van der Waals surface area contributed by atoms with E-state index < -0.39 is 30.2 Å². The van der Waals surface area contributed by atoms with Crippen molar-refractivity contribution >= 4 is 5.97 Å². The van der Waals surface area contributed by atoms with Gasteiger partial charge in [0.25, 0.3) is 0 Å². The zero-order valence-corrected chi connectivity index (χ0v) is 15.7. The van der Waals surface area contributed by atoms with E-state index in [0.29, 0.717) is 34.1 Å². The van der Waals surface area contributed by atoms with E-state index in [1.165, 1.54) is 20.3 Å². The molecule has 3 N–H and O–H groups in total. The Bertz CT molecular complexity index is 957. The molecule has 2 aromatic rings. The van der Waals surface area contributed by atoms with Crippen LogP contribution in [-0.4, -0.2) is 54.7 Å². The first-order valence-corrected chi connectivity index (χ1v) is 8.82. The van der Waals surface area contributed by atoms with Gasteiger partial charge in [-0.25, -0.2) is 0 Å². The minimum atomic E-state index is -2.36. The second-order valence-electron chi connectivity index (χ2n) is 6.75. The normalized spacial score (nSPS) is 24.4. The number of fused-ring (bicyclic) bond motifs is 2. The summed E-state index contributed by atoms with van der Waals surface area (Å²) in [5, 5.41) is 30.7. The Hall–Kier alpha value is -3.17. The lowest BCUT2D eigenvalue weighted by Gasteiger charge is -2.42. The summed E-state index contributed by atoms with van der Waals surface area (Å²) in [5.74, 6) is -4.23. The largest absolute Gasteiger partial charge is 0.497 e. The smallest absolute Gasteiger partial charge is 0.314 e. The van der Waals surface area contributed by atoms with Gasteiger partial charge in [-0.3, -0.25) is 4.79 Å². The van der Waals surface area contributed by atoms with E-state index in [-0.39, 0.29) is 12.5 Å². The van der Waals surface area contributed by atoms with Crippen LogP contribution < -0.4 is 23.7 Å². The first-order chi connectivity index (χ1) is 13.9. The van der Waals surface area contributed by atoms with Gasteiger partial charge < -0.3 is 39.0 Å². The summed E-state index contributed by atoms with van der Waals surface area (Å²) in [6, 6.07) is 8.08. The van der Waals surface area contributed by atoms with Crippen molar-refractivity contribution in [2.24, 2.45) is 5.92 Å². The molecule has 0 aromatic heterocycles. The molecule has 2 aliphatic rings. The predicted octanol–water partition coefficient (Wildman–Crippen LogP) is 1.34. The molecule has 154 valence electrons. The second-order valence-corrected chi connectivity index (χ2v) is 6.75. The lowest BCUT2D eigenvalue weighted by atomic mass is 9.73. The molecule has 9 heteroatoms. The zero-order valence-electron chi connectivity index (χ0n) is 15.7. The molecule has 0 aliphatic carbocycles. The Labute approximate surface area is 166 Å². The van der Waals surface area contributed by atoms with Gasteiger partial charge in [0, 0.05) is 29.2 Å². The van der Waals surface area contributed by atoms with Gasteiger partial charge in [0.05, 0.1) is 14.2 Å². The van der Waals surface area contributed by atoms with Crippen LogP contribution in [-0.2, 0) is 4.79 Å². The Balaban J connectivity index is 1.97. The molecular formula is C20H20O9. The molecule has 9 nitrogen and oxygen atoms in total. The Morgan fingerprint density at radius 1 is 1.10 bits per heavy atom. The number of carbonyl (C=O) groups is 1. The van der Waals surface area contributed by atoms with Crippen LogP contribution >= 0.6 is 0 Å². The van der Waals surface area contributed by atoms with Gasteiger partial charge >= 0.3 is 5.97 Å². The molecule has 0 spiro atoms. The van der Waals surface area contributed by atoms with E-state index in [9.17, 15) is 20.1 Å². The van der Waals surface area contributed by atoms with E-state index >= 15 is 0 Å². The Morgan fingerprint density at radius 3 is 2.45 bits per heavy atom. The molecule has 2 heterocycles. The summed E-state index contributed by atoms with van der Waals surface area (Å²) >= 11 is 0. The van der Waals surface area contributed by atoms with E-state index in [0.717, 1.165) is 0 Å². The van der Waals surface area contributed by atoms with Crippen LogP contribution in [0, 0.1) is 5.92 Å². The fourth-order valence-electron chi connectivity index (χ4n) is 3.85. The fourth-order valence-corrected chi connectivity index (χ4v) is 3.85. The summed E-state index contributed by atoms with van der Waals surface area (Å²) < 4.78 is 27.0. The van der Waals surface area contributed by atoms with Gasteiger partial charge in [0.2, 0.25) is 12.6 Å². The lowest BCUT2D eigenvalue weighted by molar-refractivity contribution is -0.220. The highest BCUT2D eigenvalue weighted by Gasteiger charge is 2.54. The molecule has 2 aliphatic heterocycles. The van der Waals surface area contributed by atoms with Crippen molar-refractivity contribution < 1.29 is 43.8 Å². The second kappa shape index (κ2) is 7.02. The molecule has 29 heavy (non-hydrogen) atoms. The van der Waals surface area contributed by atoms with Gasteiger partial charge in [0.1, 0.15) is 29.8 Å². The highest BCUT2D eigenvalue weighted by molar-refractivity contribution is 5.76. The number of carboxylic acid groups (broad SMARTS) is 1. The first kappa shape index (κ1) is 19.2. The van der Waals surface area contributed by atoms with Gasteiger partial charge in [0.15, 0.2) is 11.5 Å². The third-order valence-corrected chi connectivity index (χ3v) is 5.21. The molecule has 0 unspecified atom stereocenters. The molecule has 0 saturated carbocycles. The average molecular weight is 404 g/mol. The summed E-state index contributed by atoms with van der Waals surface area (Å²) in [4.78, 5) is 12.2. The molecule has 4 rings (SSSR count). The minimum absolute atomic E-state index is 0.0153. The van der Waals surface area contributed by atoms with Gasteiger partial charge in [-0.15, -0.1) is 0 Å². The molecule has 0 saturated heterocycles. The third kappa shape index (κ3) is 2.99.